The molecule has 0 bridgehead atoms. The second-order valence-corrected chi connectivity index (χ2v) is 5.81. The first kappa shape index (κ1) is 15.8. The molecule has 110 valence electrons. The molecule has 1 N–H and O–H groups in total. The van der Waals surface area contributed by atoms with Gasteiger partial charge in [-0.25, -0.2) is 4.79 Å². The van der Waals surface area contributed by atoms with Crippen LogP contribution in [0.1, 0.15) is 5.56 Å². The largest absolute Gasteiger partial charge is 0.489 e. The lowest BCUT2D eigenvalue weighted by Gasteiger charge is -2.11. The van der Waals surface area contributed by atoms with E-state index in [1.165, 1.54) is 6.08 Å². The fraction of sp³-hybridized carbons (Fsp3) is 0.143. The number of carboxylic acids is 1. The van der Waals surface area contributed by atoms with Crippen LogP contribution in [-0.2, 0) is 11.3 Å². The van der Waals surface area contributed by atoms with Crippen molar-refractivity contribution in [2.75, 3.05) is 6.61 Å². The Morgan fingerprint density at radius 1 is 1.38 bits per heavy atom. The van der Waals surface area contributed by atoms with E-state index in [4.69, 9.17) is 9.84 Å². The molecule has 0 unspecified atom stereocenters. The van der Waals surface area contributed by atoms with Gasteiger partial charge in [0, 0.05) is 18.5 Å². The van der Waals surface area contributed by atoms with Gasteiger partial charge < -0.3 is 9.84 Å². The third-order valence-electron chi connectivity index (χ3n) is 2.56. The molecule has 5 nitrogen and oxygen atoms in total. The summed E-state index contributed by atoms with van der Waals surface area (Å²) < 4.78 is 9.01. The summed E-state index contributed by atoms with van der Waals surface area (Å²) in [5.74, 6) is -0.309. The maximum Gasteiger partial charge on any atom is 0.328 e. The van der Waals surface area contributed by atoms with E-state index < -0.39 is 5.97 Å². The Balaban J connectivity index is 2.04. The van der Waals surface area contributed by atoms with Gasteiger partial charge in [0.2, 0.25) is 0 Å². The second-order valence-electron chi connectivity index (χ2n) is 4.10. The molecule has 0 saturated heterocycles. The maximum atomic E-state index is 10.5. The van der Waals surface area contributed by atoms with Crippen LogP contribution in [0, 0.1) is 0 Å². The van der Waals surface area contributed by atoms with Gasteiger partial charge >= 0.3 is 5.97 Å². The Morgan fingerprint density at radius 3 is 2.67 bits per heavy atom. The van der Waals surface area contributed by atoms with E-state index in [1.807, 2.05) is 12.3 Å². The first-order valence-electron chi connectivity index (χ1n) is 6.06. The van der Waals surface area contributed by atoms with Gasteiger partial charge in [0.05, 0.1) is 15.5 Å². The van der Waals surface area contributed by atoms with E-state index in [-0.39, 0.29) is 0 Å². The van der Waals surface area contributed by atoms with Crippen molar-refractivity contribution in [1.29, 1.82) is 0 Å². The molecule has 2 aromatic rings. The van der Waals surface area contributed by atoms with Gasteiger partial charge in [-0.2, -0.15) is 5.10 Å². The van der Waals surface area contributed by atoms with Gasteiger partial charge in [0.1, 0.15) is 12.4 Å². The van der Waals surface area contributed by atoms with Crippen LogP contribution < -0.4 is 4.74 Å². The van der Waals surface area contributed by atoms with Crippen LogP contribution in [0.15, 0.2) is 45.6 Å². The van der Waals surface area contributed by atoms with Gasteiger partial charge in [-0.3, -0.25) is 4.68 Å². The van der Waals surface area contributed by atoms with Crippen LogP contribution in [0.5, 0.6) is 5.75 Å². The molecule has 1 heterocycles. The molecule has 1 aromatic carbocycles. The predicted octanol–water partition coefficient (Wildman–Crippen LogP) is 3.58. The van der Waals surface area contributed by atoms with Crippen LogP contribution in [0.25, 0.3) is 6.08 Å². The first-order chi connectivity index (χ1) is 10.1. The SMILES string of the molecule is O=C(O)/C=C/c1cc(Br)c(OCCn2cccn2)c(Br)c1. The Bertz CT molecular complexity index is 631. The van der Waals surface area contributed by atoms with Gasteiger partial charge in [0.15, 0.2) is 0 Å². The monoisotopic (exact) mass is 414 g/mol. The average Bonchev–Trinajstić information content (AvgIpc) is 2.92. The zero-order chi connectivity index (χ0) is 15.2. The molecule has 0 saturated carbocycles. The van der Waals surface area contributed by atoms with Crippen molar-refractivity contribution in [3.63, 3.8) is 0 Å². The highest BCUT2D eigenvalue weighted by Gasteiger charge is 2.08. The lowest BCUT2D eigenvalue weighted by atomic mass is 10.2. The number of hydrogen-bond donors (Lipinski definition) is 1. The fourth-order valence-electron chi connectivity index (χ4n) is 1.66. The van der Waals surface area contributed by atoms with Crippen molar-refractivity contribution in [2.24, 2.45) is 0 Å². The van der Waals surface area contributed by atoms with Gasteiger partial charge in [-0.05, 0) is 61.7 Å². The van der Waals surface area contributed by atoms with E-state index in [9.17, 15) is 4.79 Å². The summed E-state index contributed by atoms with van der Waals surface area (Å²) in [5, 5.41) is 12.7. The molecule has 2 rings (SSSR count). The Labute approximate surface area is 138 Å². The molecular formula is C14H12Br2N2O3. The van der Waals surface area contributed by atoms with Gasteiger partial charge in [-0.1, -0.05) is 0 Å². The van der Waals surface area contributed by atoms with Crippen LogP contribution in [0.2, 0.25) is 0 Å². The summed E-state index contributed by atoms with van der Waals surface area (Å²) in [6, 6.07) is 5.45. The number of carbonyl (C=O) groups is 1. The van der Waals surface area contributed by atoms with E-state index >= 15 is 0 Å². The molecule has 7 heteroatoms. The minimum Gasteiger partial charge on any atom is -0.489 e. The molecular weight excluding hydrogens is 404 g/mol. The minimum absolute atomic E-state index is 0.475. The molecule has 0 fully saturated rings. The van der Waals surface area contributed by atoms with Crippen molar-refractivity contribution >= 4 is 43.9 Å². The predicted molar refractivity (Wildman–Crippen MR) is 86.2 cm³/mol. The summed E-state index contributed by atoms with van der Waals surface area (Å²) in [6.07, 6.45) is 6.19. The number of aliphatic carboxylic acids is 1. The minimum atomic E-state index is -0.984. The van der Waals surface area contributed by atoms with Crippen molar-refractivity contribution in [3.05, 3.63) is 51.2 Å². The fourth-order valence-corrected chi connectivity index (χ4v) is 3.11. The quantitative estimate of drug-likeness (QED) is 0.732. The van der Waals surface area contributed by atoms with Crippen LogP contribution in [0.3, 0.4) is 0 Å². The topological polar surface area (TPSA) is 64.3 Å². The second kappa shape index (κ2) is 7.42. The standard InChI is InChI=1S/C14H12Br2N2O3/c15-11-8-10(2-3-13(19)20)9-12(16)14(11)21-7-6-18-5-1-4-17-18/h1-5,8-9H,6-7H2,(H,19,20)/b3-2+. The maximum absolute atomic E-state index is 10.5. The summed E-state index contributed by atoms with van der Waals surface area (Å²) in [4.78, 5) is 10.5. The number of nitrogens with zero attached hydrogens (tertiary/aromatic N) is 2. The lowest BCUT2D eigenvalue weighted by molar-refractivity contribution is -0.131. The van der Waals surface area contributed by atoms with E-state index in [0.29, 0.717) is 18.9 Å². The number of aromatic nitrogens is 2. The number of halogens is 2. The third-order valence-corrected chi connectivity index (χ3v) is 3.74. The Hall–Kier alpha value is -1.60. The molecule has 0 aliphatic heterocycles. The van der Waals surface area contributed by atoms with Crippen molar-refractivity contribution in [3.8, 4) is 5.75 Å². The highest BCUT2D eigenvalue weighted by Crippen LogP contribution is 2.35. The van der Waals surface area contributed by atoms with Gasteiger partial charge in [-0.15, -0.1) is 0 Å². The lowest BCUT2D eigenvalue weighted by Crippen LogP contribution is -2.09. The summed E-state index contributed by atoms with van der Waals surface area (Å²) in [7, 11) is 0. The highest BCUT2D eigenvalue weighted by atomic mass is 79.9. The molecule has 0 radical (unpaired) electrons. The van der Waals surface area contributed by atoms with E-state index in [2.05, 4.69) is 37.0 Å². The molecule has 0 aliphatic rings. The molecule has 1 aromatic heterocycles. The third kappa shape index (κ3) is 4.71. The number of ether oxygens (including phenoxy) is 1. The Kier molecular flexibility index (Phi) is 5.58. The average molecular weight is 416 g/mol. The smallest absolute Gasteiger partial charge is 0.328 e. The summed E-state index contributed by atoms with van der Waals surface area (Å²) >= 11 is 6.85. The Morgan fingerprint density at radius 2 is 2.10 bits per heavy atom. The number of benzene rings is 1. The molecule has 0 amide bonds. The molecule has 21 heavy (non-hydrogen) atoms. The number of carboxylic acid groups (broad SMARTS) is 1. The number of rotatable bonds is 6. The van der Waals surface area contributed by atoms with E-state index in [1.54, 1.807) is 23.0 Å². The summed E-state index contributed by atoms with van der Waals surface area (Å²) in [5.41, 5.74) is 0.760. The zero-order valence-electron chi connectivity index (χ0n) is 10.9. The molecule has 0 atom stereocenters. The van der Waals surface area contributed by atoms with Crippen molar-refractivity contribution in [1.82, 2.24) is 9.78 Å². The normalized spacial score (nSPS) is 11.0. The van der Waals surface area contributed by atoms with Gasteiger partial charge in [0.25, 0.3) is 0 Å². The van der Waals surface area contributed by atoms with Crippen molar-refractivity contribution < 1.29 is 14.6 Å². The molecule has 0 spiro atoms. The van der Waals surface area contributed by atoms with Crippen LogP contribution in [0.4, 0.5) is 0 Å². The number of hydrogen-bond acceptors (Lipinski definition) is 3. The van der Waals surface area contributed by atoms with E-state index in [0.717, 1.165) is 20.6 Å². The van der Waals surface area contributed by atoms with Crippen LogP contribution >= 0.6 is 31.9 Å². The first-order valence-corrected chi connectivity index (χ1v) is 7.65. The molecule has 0 aliphatic carbocycles. The zero-order valence-corrected chi connectivity index (χ0v) is 14.0. The highest BCUT2D eigenvalue weighted by molar-refractivity contribution is 9.11. The summed E-state index contributed by atoms with van der Waals surface area (Å²) in [6.45, 7) is 1.12. The van der Waals surface area contributed by atoms with Crippen LogP contribution in [-0.4, -0.2) is 27.5 Å². The van der Waals surface area contributed by atoms with Crippen molar-refractivity contribution in [2.45, 2.75) is 6.54 Å².